The third kappa shape index (κ3) is 5.26. The van der Waals surface area contributed by atoms with Crippen LogP contribution in [0.3, 0.4) is 0 Å². The number of aromatic hydroxyl groups is 1. The van der Waals surface area contributed by atoms with Crippen molar-refractivity contribution in [1.82, 2.24) is 20.2 Å². The van der Waals surface area contributed by atoms with Gasteiger partial charge in [-0.1, -0.05) is 36.9 Å². The molecule has 0 bridgehead atoms. The summed E-state index contributed by atoms with van der Waals surface area (Å²) in [4.78, 5) is 40.8. The van der Waals surface area contributed by atoms with Gasteiger partial charge < -0.3 is 10.4 Å². The maximum Gasteiger partial charge on any atom is 0.279 e. The van der Waals surface area contributed by atoms with E-state index in [-0.39, 0.29) is 28.4 Å². The summed E-state index contributed by atoms with van der Waals surface area (Å²) in [7, 11) is 0. The van der Waals surface area contributed by atoms with Crippen LogP contribution in [0, 0.1) is 0 Å². The maximum absolute atomic E-state index is 11.9. The van der Waals surface area contributed by atoms with Crippen LogP contribution in [-0.2, 0) is 9.59 Å². The number of hydrogen-bond donors (Lipinski definition) is 4. The van der Waals surface area contributed by atoms with Gasteiger partial charge in [0.15, 0.2) is 10.8 Å². The fourth-order valence-electron chi connectivity index (χ4n) is 1.61. The molecule has 0 aliphatic carbocycles. The van der Waals surface area contributed by atoms with Gasteiger partial charge in [0, 0.05) is 12.8 Å². The smallest absolute Gasteiger partial charge is 0.279 e. The third-order valence-electron chi connectivity index (χ3n) is 2.70. The van der Waals surface area contributed by atoms with Gasteiger partial charge in [-0.25, -0.2) is 0 Å². The Morgan fingerprint density at radius 2 is 2.04 bits per heavy atom. The minimum atomic E-state index is -0.712. The van der Waals surface area contributed by atoms with Crippen LogP contribution >= 0.6 is 23.1 Å². The molecule has 2 heterocycles. The van der Waals surface area contributed by atoms with Crippen molar-refractivity contribution in [2.45, 2.75) is 31.8 Å². The Balaban J connectivity index is 1.97. The highest BCUT2D eigenvalue weighted by Crippen LogP contribution is 2.23. The van der Waals surface area contributed by atoms with E-state index in [4.69, 9.17) is 0 Å². The molecule has 12 heteroatoms. The lowest BCUT2D eigenvalue weighted by atomic mass is 10.2. The molecule has 4 N–H and O–H groups in total. The minimum Gasteiger partial charge on any atom is -0.492 e. The van der Waals surface area contributed by atoms with E-state index in [1.54, 1.807) is 0 Å². The van der Waals surface area contributed by atoms with Crippen LogP contribution in [0.4, 0.5) is 10.8 Å². The number of nitrogens with zero attached hydrogens (tertiary/aromatic N) is 3. The zero-order valence-electron chi connectivity index (χ0n) is 13.6. The topological polar surface area (TPSA) is 150 Å². The van der Waals surface area contributed by atoms with Crippen molar-refractivity contribution in [1.29, 1.82) is 0 Å². The van der Waals surface area contributed by atoms with E-state index in [9.17, 15) is 19.5 Å². The van der Waals surface area contributed by atoms with Crippen molar-refractivity contribution in [2.24, 2.45) is 0 Å². The van der Waals surface area contributed by atoms with Crippen LogP contribution in [-0.4, -0.2) is 42.8 Å². The first kappa shape index (κ1) is 18.9. The average Bonchev–Trinajstić information content (AvgIpc) is 2.97. The van der Waals surface area contributed by atoms with E-state index in [0.717, 1.165) is 16.8 Å². The van der Waals surface area contributed by atoms with Crippen molar-refractivity contribution >= 4 is 45.7 Å². The summed E-state index contributed by atoms with van der Waals surface area (Å²) in [5.41, 5.74) is -1.05. The summed E-state index contributed by atoms with van der Waals surface area (Å²) in [6.07, 6.45) is 0. The van der Waals surface area contributed by atoms with E-state index in [2.05, 4.69) is 30.8 Å². The number of H-pyrrole nitrogens is 1. The largest absolute Gasteiger partial charge is 0.492 e. The first-order valence-electron chi connectivity index (χ1n) is 7.13. The second-order valence-corrected chi connectivity index (χ2v) is 7.16. The molecule has 2 amide bonds. The molecule has 25 heavy (non-hydrogen) atoms. The second kappa shape index (κ2) is 8.07. The van der Waals surface area contributed by atoms with Crippen LogP contribution in [0.15, 0.2) is 9.95 Å². The number of aromatic nitrogens is 4. The molecule has 0 unspecified atom stereocenters. The van der Waals surface area contributed by atoms with Gasteiger partial charge in [0.05, 0.1) is 5.75 Å². The van der Waals surface area contributed by atoms with Crippen LogP contribution in [0.2, 0.25) is 0 Å². The summed E-state index contributed by atoms with van der Waals surface area (Å²) < 4.78 is 0. The number of carbonyl (C=O) groups excluding carboxylic acids is 2. The molecule has 10 nitrogen and oxygen atoms in total. The molecule has 0 atom stereocenters. The van der Waals surface area contributed by atoms with Gasteiger partial charge in [-0.2, -0.15) is 4.98 Å². The van der Waals surface area contributed by atoms with E-state index < -0.39 is 17.3 Å². The molecule has 0 saturated carbocycles. The van der Waals surface area contributed by atoms with Crippen molar-refractivity contribution in [3.8, 4) is 5.88 Å². The lowest BCUT2D eigenvalue weighted by Crippen LogP contribution is -2.19. The molecule has 0 aliphatic heterocycles. The molecule has 2 aromatic heterocycles. The Morgan fingerprint density at radius 3 is 2.60 bits per heavy atom. The Hall–Kier alpha value is -2.47. The van der Waals surface area contributed by atoms with Gasteiger partial charge in [0.1, 0.15) is 5.01 Å². The maximum atomic E-state index is 11.9. The second-order valence-electron chi connectivity index (χ2n) is 5.19. The number of amides is 2. The highest BCUT2D eigenvalue weighted by molar-refractivity contribution is 7.99. The SMILES string of the molecule is CC(=O)Nc1c(O)nc(SCC(=O)Nc2nnc(C(C)C)s2)[nH]c1=O. The third-order valence-corrected chi connectivity index (χ3v) is 4.71. The summed E-state index contributed by atoms with van der Waals surface area (Å²) >= 11 is 2.21. The van der Waals surface area contributed by atoms with Crippen molar-refractivity contribution < 1.29 is 14.7 Å². The molecule has 0 fully saturated rings. The van der Waals surface area contributed by atoms with Gasteiger partial charge >= 0.3 is 0 Å². The van der Waals surface area contributed by atoms with E-state index in [0.29, 0.717) is 5.13 Å². The van der Waals surface area contributed by atoms with E-state index in [1.807, 2.05) is 13.8 Å². The Kier molecular flexibility index (Phi) is 6.09. The molecule has 2 rings (SSSR count). The zero-order chi connectivity index (χ0) is 18.6. The van der Waals surface area contributed by atoms with Crippen LogP contribution < -0.4 is 16.2 Å². The molecular formula is C13H16N6O4S2. The summed E-state index contributed by atoms with van der Waals surface area (Å²) in [5.74, 6) is -1.33. The number of carbonyl (C=O) groups is 2. The van der Waals surface area contributed by atoms with E-state index >= 15 is 0 Å². The lowest BCUT2D eigenvalue weighted by molar-refractivity contribution is -0.114. The standard InChI is InChI=1S/C13H16N6O4S2/c1-5(2)11-18-19-13(25-11)15-7(21)4-24-12-16-9(22)8(10(23)17-12)14-6(3)20/h5H,4H2,1-3H3,(H,14,20)(H,15,19,21)(H2,16,17,22,23). The Morgan fingerprint density at radius 1 is 1.32 bits per heavy atom. The number of aromatic amines is 1. The van der Waals surface area contributed by atoms with Gasteiger partial charge in [0.25, 0.3) is 5.56 Å². The van der Waals surface area contributed by atoms with Gasteiger partial charge in [0.2, 0.25) is 22.8 Å². The molecule has 2 aromatic rings. The van der Waals surface area contributed by atoms with Crippen molar-refractivity contribution in [2.75, 3.05) is 16.4 Å². The Bertz CT molecular complexity index is 847. The quantitative estimate of drug-likeness (QED) is 0.428. The number of thioether (sulfide) groups is 1. The number of nitrogens with one attached hydrogen (secondary N) is 3. The van der Waals surface area contributed by atoms with Gasteiger partial charge in [-0.05, 0) is 0 Å². The molecular weight excluding hydrogens is 368 g/mol. The fraction of sp³-hybridized carbons (Fsp3) is 0.385. The summed E-state index contributed by atoms with van der Waals surface area (Å²) in [6.45, 7) is 5.15. The van der Waals surface area contributed by atoms with Crippen LogP contribution in [0.1, 0.15) is 31.7 Å². The zero-order valence-corrected chi connectivity index (χ0v) is 15.2. The molecule has 0 aromatic carbocycles. The molecule has 0 radical (unpaired) electrons. The lowest BCUT2D eigenvalue weighted by Gasteiger charge is -2.05. The van der Waals surface area contributed by atoms with Crippen molar-refractivity contribution in [3.05, 3.63) is 15.4 Å². The first-order chi connectivity index (χ1) is 11.8. The highest BCUT2D eigenvalue weighted by atomic mass is 32.2. The molecule has 0 aliphatic rings. The fourth-order valence-corrected chi connectivity index (χ4v) is 3.02. The van der Waals surface area contributed by atoms with E-state index in [1.165, 1.54) is 18.3 Å². The molecule has 0 spiro atoms. The normalized spacial score (nSPS) is 10.7. The van der Waals surface area contributed by atoms with Crippen LogP contribution in [0.5, 0.6) is 5.88 Å². The van der Waals surface area contributed by atoms with Gasteiger partial charge in [-0.15, -0.1) is 10.2 Å². The minimum absolute atomic E-state index is 0.0480. The highest BCUT2D eigenvalue weighted by Gasteiger charge is 2.14. The monoisotopic (exact) mass is 384 g/mol. The Labute approximate surface area is 150 Å². The molecule has 134 valence electrons. The van der Waals surface area contributed by atoms with Crippen LogP contribution in [0.25, 0.3) is 0 Å². The first-order valence-corrected chi connectivity index (χ1v) is 8.93. The molecule has 0 saturated heterocycles. The number of rotatable bonds is 6. The number of hydrogen-bond acceptors (Lipinski definition) is 9. The summed E-state index contributed by atoms with van der Waals surface area (Å²) in [6, 6.07) is 0. The summed E-state index contributed by atoms with van der Waals surface area (Å²) in [5, 5.41) is 23.6. The number of anilines is 2. The van der Waals surface area contributed by atoms with Crippen molar-refractivity contribution in [3.63, 3.8) is 0 Å². The predicted octanol–water partition coefficient (Wildman–Crippen LogP) is 1.14. The predicted molar refractivity (Wildman–Crippen MR) is 94.2 cm³/mol. The van der Waals surface area contributed by atoms with Gasteiger partial charge in [-0.3, -0.25) is 24.7 Å². The average molecular weight is 384 g/mol.